The molecule has 0 bridgehead atoms. The van der Waals surface area contributed by atoms with Crippen molar-refractivity contribution in [2.75, 3.05) is 73.7 Å². The normalized spacial score (nSPS) is 14.9. The van der Waals surface area contributed by atoms with Gasteiger partial charge in [0, 0.05) is 134 Å². The van der Waals surface area contributed by atoms with Crippen molar-refractivity contribution in [1.29, 1.82) is 0 Å². The van der Waals surface area contributed by atoms with Gasteiger partial charge in [0.15, 0.2) is 0 Å². The lowest BCUT2D eigenvalue weighted by Gasteiger charge is -2.30. The number of thiophene rings is 2. The molecule has 5 aliphatic rings. The number of urea groups is 1. The van der Waals surface area contributed by atoms with E-state index < -0.39 is 20.2 Å². The second kappa shape index (κ2) is 38.2. The van der Waals surface area contributed by atoms with Gasteiger partial charge in [0.25, 0.3) is 10.2 Å². The number of hydrogen-bond acceptors (Lipinski definition) is 8. The van der Waals surface area contributed by atoms with Crippen LogP contribution in [0.2, 0.25) is 0 Å². The van der Waals surface area contributed by atoms with E-state index in [-0.39, 0.29) is 6.03 Å². The van der Waals surface area contributed by atoms with Gasteiger partial charge in [-0.2, -0.15) is 21.3 Å². The molecule has 10 aromatic rings. The lowest BCUT2D eigenvalue weighted by Crippen LogP contribution is -2.43. The van der Waals surface area contributed by atoms with Crippen LogP contribution in [0.5, 0.6) is 0 Å². The summed E-state index contributed by atoms with van der Waals surface area (Å²) in [6.07, 6.45) is 11.1. The van der Waals surface area contributed by atoms with E-state index in [1.807, 2.05) is 47.6 Å². The van der Waals surface area contributed by atoms with E-state index in [4.69, 9.17) is 0 Å². The molecule has 0 fully saturated rings. The van der Waals surface area contributed by atoms with Gasteiger partial charge in [-0.05, 0) is 258 Å². The number of nitrogens with zero attached hydrogens (tertiary/aromatic N) is 7. The van der Waals surface area contributed by atoms with E-state index in [1.165, 1.54) is 175 Å². The molecule has 15 rings (SSSR count). The van der Waals surface area contributed by atoms with E-state index in [9.17, 15) is 21.6 Å². The molecular weight excluding hydrogens is 1380 g/mol. The molecular formula is C88H118N8O5S4. The van der Waals surface area contributed by atoms with Crippen molar-refractivity contribution in [3.8, 4) is 0 Å². The largest absolute Gasteiger partial charge is 0.358 e. The first-order valence-corrected chi connectivity index (χ1v) is 41.6. The molecule has 4 aromatic heterocycles. The molecule has 0 unspecified atom stereocenters. The average molecular weight is 1500 g/mol. The molecule has 8 heterocycles. The number of aromatic amines is 1. The second-order valence-electron chi connectivity index (χ2n) is 29.3. The lowest BCUT2D eigenvalue weighted by atomic mass is 10.0. The summed E-state index contributed by atoms with van der Waals surface area (Å²) >= 11 is 3.88. The maximum atomic E-state index is 11.8. The molecule has 1 N–H and O–H groups in total. The standard InChI is InChI=1S/C12H12.C10H18N2O.3C10H11N.C10H10S.C9H18N2O2S.C9H12S.C8H15NO2S/c1-9-7-11-5-3-4-6-12(11)8-10(9)2;1-8-5-6-12(7-9(8)2)10(13)11(3)4;1-7-5-9-3-4-11-10(9)6-8(7)2;1-8-7-9-5-3-4-6-10(9)11(8)2;2*1-7-8(2)11-10-6-4-3-5-9(7)10;1-8-5-6-11(7-9(8)2)14(12,13)10(3)4;1-6-7(2)10-9-5-3-4-8(6)9;1-7-4-5-9(6-8(7)2)12(3,10)11/h3-8H,1-2H3;5-7H2,1-4H3;4-6H,3H2,1-2H3;3-7H,1-2H3;3-6,11H,1-2H3;3-6H,1-2H3;5-7H2,1-4H3;3-5H2,1-2H3;4-6H2,1-3H3. The smallest absolute Gasteiger partial charge is 0.319 e. The Morgan fingerprint density at radius 3 is 1.55 bits per heavy atom. The van der Waals surface area contributed by atoms with Gasteiger partial charge in [-0.1, -0.05) is 131 Å². The summed E-state index contributed by atoms with van der Waals surface area (Å²) in [7, 11) is 2.61. The van der Waals surface area contributed by atoms with Gasteiger partial charge < -0.3 is 19.4 Å². The van der Waals surface area contributed by atoms with Crippen LogP contribution in [-0.2, 0) is 46.5 Å². The number of sulfonamides is 1. The number of para-hydroxylation sites is 2. The van der Waals surface area contributed by atoms with Crippen molar-refractivity contribution in [1.82, 2.24) is 32.3 Å². The molecule has 2 amide bonds. The Labute approximate surface area is 638 Å². The number of hydrogen-bond donors (Lipinski definition) is 1. The molecule has 105 heavy (non-hydrogen) atoms. The van der Waals surface area contributed by atoms with Crippen LogP contribution >= 0.6 is 22.7 Å². The van der Waals surface area contributed by atoms with Crippen LogP contribution in [0, 0.1) is 76.2 Å². The zero-order valence-electron chi connectivity index (χ0n) is 67.2. The Kier molecular flexibility index (Phi) is 30.7. The Bertz CT molecular complexity index is 4810. The van der Waals surface area contributed by atoms with E-state index >= 15 is 0 Å². The number of aromatic nitrogens is 2. The van der Waals surface area contributed by atoms with Gasteiger partial charge in [0.05, 0.1) is 11.9 Å². The predicted octanol–water partition coefficient (Wildman–Crippen LogP) is 21.2. The summed E-state index contributed by atoms with van der Waals surface area (Å²) in [5.74, 6) is 0. The minimum atomic E-state index is -3.22. The van der Waals surface area contributed by atoms with Crippen molar-refractivity contribution in [2.45, 2.75) is 163 Å². The van der Waals surface area contributed by atoms with Gasteiger partial charge in [-0.15, -0.1) is 22.7 Å². The van der Waals surface area contributed by atoms with Gasteiger partial charge >= 0.3 is 6.03 Å². The zero-order valence-corrected chi connectivity index (χ0v) is 70.5. The number of aliphatic imine (C=N–C) groups is 1. The molecule has 0 saturated heterocycles. The van der Waals surface area contributed by atoms with Crippen LogP contribution in [0.4, 0.5) is 10.5 Å². The third-order valence-corrected chi connectivity index (χ3v) is 26.7. The van der Waals surface area contributed by atoms with E-state index in [1.54, 1.807) is 49.1 Å². The molecule has 0 saturated carbocycles. The van der Waals surface area contributed by atoms with E-state index in [0.29, 0.717) is 26.2 Å². The molecule has 564 valence electrons. The SMILES string of the molecule is CC1=C(C)CN(C(=O)N(C)C)CC1.CC1=C(C)CN(S(=O)(=O)N(C)C)CC1.CC1=C(C)CN(S(C)(=O)=O)CC1.Cc1[nH]c2ccccc2c1C.Cc1cc2c(cc1C)N=CC2.Cc1cc2ccccc2cc1C.Cc1cc2ccccc2n1C.Cc1sc2c(c1C)CCC2.Cc1sc2ccccc2c1C. The number of carbonyl (C=O) groups excluding carboxylic acids is 1. The van der Waals surface area contributed by atoms with Crippen molar-refractivity contribution in [3.63, 3.8) is 0 Å². The topological polar surface area (TPSA) is 135 Å². The number of amides is 2. The van der Waals surface area contributed by atoms with Crippen LogP contribution in [0.25, 0.3) is 42.7 Å². The van der Waals surface area contributed by atoms with Crippen LogP contribution in [0.3, 0.4) is 0 Å². The number of H-pyrrole nitrogens is 1. The Morgan fingerprint density at radius 1 is 0.505 bits per heavy atom. The van der Waals surface area contributed by atoms with Gasteiger partial charge in [-0.3, -0.25) is 4.99 Å². The summed E-state index contributed by atoms with van der Waals surface area (Å²) in [6.45, 7) is 40.2. The van der Waals surface area contributed by atoms with Crippen molar-refractivity contribution in [2.24, 2.45) is 12.0 Å². The highest BCUT2D eigenvalue weighted by Crippen LogP contribution is 2.35. The maximum Gasteiger partial charge on any atom is 0.319 e. The minimum absolute atomic E-state index is 0.117. The highest BCUT2D eigenvalue weighted by Gasteiger charge is 2.28. The molecule has 4 aliphatic heterocycles. The van der Waals surface area contributed by atoms with Gasteiger partial charge in [0.2, 0.25) is 10.0 Å². The van der Waals surface area contributed by atoms with Crippen LogP contribution < -0.4 is 0 Å². The minimum Gasteiger partial charge on any atom is -0.358 e. The number of nitrogens with one attached hydrogen (secondary N) is 1. The quantitative estimate of drug-likeness (QED) is 0.176. The molecule has 0 spiro atoms. The summed E-state index contributed by atoms with van der Waals surface area (Å²) in [5.41, 5.74) is 26.9. The third-order valence-electron chi connectivity index (χ3n) is 21.1. The number of rotatable bonds is 3. The first kappa shape index (κ1) is 84.5. The predicted molar refractivity (Wildman–Crippen MR) is 454 cm³/mol. The highest BCUT2D eigenvalue weighted by molar-refractivity contribution is 7.88. The molecule has 17 heteroatoms. The second-order valence-corrected chi connectivity index (χ2v) is 35.9. The van der Waals surface area contributed by atoms with Gasteiger partial charge in [-0.25, -0.2) is 13.2 Å². The molecule has 0 radical (unpaired) electrons. The van der Waals surface area contributed by atoms with E-state index in [2.05, 4.69) is 253 Å². The Morgan fingerprint density at radius 2 is 1.01 bits per heavy atom. The van der Waals surface area contributed by atoms with Crippen LogP contribution in [0.1, 0.15) is 143 Å². The fraction of sp³-hybridized carbons (Fsp3) is 0.409. The molecule has 0 atom stereocenters. The average Bonchev–Trinajstić information content (AvgIpc) is 1.78. The number of fused-ring (bicyclic) bond motifs is 6. The Balaban J connectivity index is 0.000000165. The van der Waals surface area contributed by atoms with Crippen LogP contribution in [0.15, 0.2) is 166 Å². The number of carbonyl (C=O) groups is 1. The monoisotopic (exact) mass is 1490 g/mol. The Hall–Kier alpha value is -7.74. The molecule has 6 aromatic carbocycles. The highest BCUT2D eigenvalue weighted by atomic mass is 32.2. The summed E-state index contributed by atoms with van der Waals surface area (Å²) in [5, 5.41) is 6.74. The van der Waals surface area contributed by atoms with E-state index in [0.717, 1.165) is 44.5 Å². The van der Waals surface area contributed by atoms with Crippen molar-refractivity contribution in [3.05, 3.63) is 237 Å². The fourth-order valence-corrected chi connectivity index (χ4v) is 17.2. The first-order chi connectivity index (χ1) is 49.5. The summed E-state index contributed by atoms with van der Waals surface area (Å²) in [6, 6.07) is 45.0. The van der Waals surface area contributed by atoms with Crippen LogP contribution in [-0.4, -0.2) is 135 Å². The van der Waals surface area contributed by atoms with Crippen molar-refractivity contribution < 1.29 is 21.6 Å². The number of benzene rings is 6. The lowest BCUT2D eigenvalue weighted by molar-refractivity contribution is 0.173. The maximum absolute atomic E-state index is 11.8. The van der Waals surface area contributed by atoms with Gasteiger partial charge in [0.1, 0.15) is 0 Å². The van der Waals surface area contributed by atoms with Crippen molar-refractivity contribution >= 4 is 104 Å². The fourth-order valence-electron chi connectivity index (χ4n) is 12.8. The third kappa shape index (κ3) is 22.9. The summed E-state index contributed by atoms with van der Waals surface area (Å²) < 4.78 is 53.7. The first-order valence-electron chi connectivity index (χ1n) is 36.7. The number of aryl methyl sites for hydroxylation is 12. The molecule has 1 aliphatic carbocycles. The zero-order chi connectivity index (χ0) is 77.4. The molecule has 13 nitrogen and oxygen atoms in total. The summed E-state index contributed by atoms with van der Waals surface area (Å²) in [4.78, 5) is 27.3.